The Balaban J connectivity index is 2.14. The van der Waals surface area contributed by atoms with E-state index in [1.807, 2.05) is 0 Å². The first kappa shape index (κ1) is 22.4. The summed E-state index contributed by atoms with van der Waals surface area (Å²) in [4.78, 5) is 0. The number of aryl methyl sites for hydroxylation is 1. The van der Waals surface area contributed by atoms with Gasteiger partial charge in [-0.25, -0.2) is 26.3 Å². The molecule has 0 unspecified atom stereocenters. The van der Waals surface area contributed by atoms with Gasteiger partial charge >= 0.3 is 6.11 Å². The molecule has 0 aromatic heterocycles. The first-order chi connectivity index (χ1) is 14.5. The van der Waals surface area contributed by atoms with Crippen molar-refractivity contribution >= 4 is 0 Å². The summed E-state index contributed by atoms with van der Waals surface area (Å²) in [5.41, 5.74) is -3.28. The van der Waals surface area contributed by atoms with E-state index in [1.165, 1.54) is 6.07 Å². The number of hydrogen-bond acceptors (Lipinski definition) is 2. The maximum atomic E-state index is 14.9. The van der Waals surface area contributed by atoms with Gasteiger partial charge in [-0.3, -0.25) is 0 Å². The molecule has 0 saturated carbocycles. The van der Waals surface area contributed by atoms with E-state index in [-0.39, 0.29) is 18.2 Å². The summed E-state index contributed by atoms with van der Waals surface area (Å²) in [7, 11) is 0. The van der Waals surface area contributed by atoms with Crippen LogP contribution in [-0.4, -0.2) is 5.11 Å². The first-order valence-electron chi connectivity index (χ1n) is 8.67. The average molecular weight is 448 g/mol. The summed E-state index contributed by atoms with van der Waals surface area (Å²) in [6.07, 6.45) is -4.48. The highest BCUT2D eigenvalue weighted by Crippen LogP contribution is 2.43. The summed E-state index contributed by atoms with van der Waals surface area (Å²) >= 11 is 0. The van der Waals surface area contributed by atoms with Crippen molar-refractivity contribution in [2.45, 2.75) is 19.5 Å². The Labute approximate surface area is 170 Å². The molecule has 0 atom stereocenters. The minimum atomic E-state index is -4.88. The Hall–Kier alpha value is -3.30. The van der Waals surface area contributed by atoms with E-state index in [1.54, 1.807) is 6.92 Å². The van der Waals surface area contributed by atoms with E-state index in [0.29, 0.717) is 12.0 Å². The number of aromatic hydroxyl groups is 1. The van der Waals surface area contributed by atoms with E-state index in [9.17, 15) is 40.2 Å². The molecule has 0 saturated heterocycles. The molecule has 0 fully saturated rings. The first-order valence-corrected chi connectivity index (χ1v) is 8.67. The van der Waals surface area contributed by atoms with Gasteiger partial charge in [0.15, 0.2) is 23.3 Å². The normalized spacial score (nSPS) is 11.6. The number of halogens is 8. The SMILES string of the molecule is CCc1ccc(-c2c(O)cc(F)c(C(F)(F)Oc3cc(F)c(F)c(F)c3)c2F)c(F)c1. The third kappa shape index (κ3) is 4.14. The van der Waals surface area contributed by atoms with E-state index in [0.717, 1.165) is 12.1 Å². The molecule has 0 amide bonds. The summed E-state index contributed by atoms with van der Waals surface area (Å²) in [5, 5.41) is 9.89. The number of benzene rings is 3. The maximum absolute atomic E-state index is 14.9. The number of phenolic OH excluding ortho intramolecular Hbond substituents is 1. The van der Waals surface area contributed by atoms with Gasteiger partial charge in [-0.15, -0.1) is 0 Å². The van der Waals surface area contributed by atoms with Crippen LogP contribution in [0.5, 0.6) is 11.5 Å². The molecule has 31 heavy (non-hydrogen) atoms. The molecular weight excluding hydrogens is 436 g/mol. The second-order valence-corrected chi connectivity index (χ2v) is 6.43. The Morgan fingerprint density at radius 1 is 0.806 bits per heavy atom. The molecule has 1 N–H and O–H groups in total. The van der Waals surface area contributed by atoms with Crippen molar-refractivity contribution < 1.29 is 45.0 Å². The van der Waals surface area contributed by atoms with E-state index < -0.39 is 69.2 Å². The van der Waals surface area contributed by atoms with Crippen LogP contribution in [0.4, 0.5) is 35.1 Å². The molecule has 2 nitrogen and oxygen atoms in total. The number of ether oxygens (including phenoxy) is 1. The Morgan fingerprint density at radius 2 is 1.42 bits per heavy atom. The Bertz CT molecular complexity index is 1140. The van der Waals surface area contributed by atoms with Crippen LogP contribution in [0.15, 0.2) is 36.4 Å². The van der Waals surface area contributed by atoms with Crippen LogP contribution >= 0.6 is 0 Å². The van der Waals surface area contributed by atoms with Crippen LogP contribution in [-0.2, 0) is 12.5 Å². The van der Waals surface area contributed by atoms with Crippen molar-refractivity contribution in [3.8, 4) is 22.6 Å². The molecule has 3 aromatic rings. The van der Waals surface area contributed by atoms with Gasteiger partial charge in [0.05, 0.1) is 5.56 Å². The fourth-order valence-electron chi connectivity index (χ4n) is 2.90. The van der Waals surface area contributed by atoms with Crippen molar-refractivity contribution in [2.24, 2.45) is 0 Å². The lowest BCUT2D eigenvalue weighted by molar-refractivity contribution is -0.189. The van der Waals surface area contributed by atoms with Crippen LogP contribution in [0, 0.1) is 34.9 Å². The molecule has 0 radical (unpaired) electrons. The van der Waals surface area contributed by atoms with Crippen molar-refractivity contribution in [1.29, 1.82) is 0 Å². The monoisotopic (exact) mass is 448 g/mol. The van der Waals surface area contributed by atoms with Crippen molar-refractivity contribution in [2.75, 3.05) is 0 Å². The van der Waals surface area contributed by atoms with Crippen LogP contribution in [0.25, 0.3) is 11.1 Å². The van der Waals surface area contributed by atoms with Crippen molar-refractivity contribution in [1.82, 2.24) is 0 Å². The van der Waals surface area contributed by atoms with Gasteiger partial charge in [-0.1, -0.05) is 19.1 Å². The highest BCUT2D eigenvalue weighted by molar-refractivity contribution is 5.73. The van der Waals surface area contributed by atoms with Gasteiger partial charge in [0, 0.05) is 23.8 Å². The van der Waals surface area contributed by atoms with Gasteiger partial charge in [0.2, 0.25) is 0 Å². The smallest absolute Gasteiger partial charge is 0.432 e. The molecule has 3 aromatic carbocycles. The third-order valence-electron chi connectivity index (χ3n) is 4.40. The van der Waals surface area contributed by atoms with Gasteiger partial charge in [0.25, 0.3) is 0 Å². The predicted molar refractivity (Wildman–Crippen MR) is 93.6 cm³/mol. The molecule has 0 aliphatic rings. The van der Waals surface area contributed by atoms with E-state index in [2.05, 4.69) is 4.74 Å². The molecule has 0 heterocycles. The molecule has 0 aliphatic carbocycles. The van der Waals surface area contributed by atoms with Crippen molar-refractivity contribution in [3.05, 3.63) is 82.4 Å². The highest BCUT2D eigenvalue weighted by Gasteiger charge is 2.43. The average Bonchev–Trinajstić information content (AvgIpc) is 2.66. The van der Waals surface area contributed by atoms with Gasteiger partial charge in [0.1, 0.15) is 28.7 Å². The van der Waals surface area contributed by atoms with Crippen molar-refractivity contribution in [3.63, 3.8) is 0 Å². The minimum Gasteiger partial charge on any atom is -0.507 e. The molecule has 0 aliphatic heterocycles. The number of rotatable bonds is 5. The summed E-state index contributed by atoms with van der Waals surface area (Å²) in [5.74, 6) is -13.3. The van der Waals surface area contributed by atoms with Crippen LogP contribution < -0.4 is 4.74 Å². The molecule has 3 rings (SSSR count). The van der Waals surface area contributed by atoms with Crippen LogP contribution in [0.2, 0.25) is 0 Å². The summed E-state index contributed by atoms with van der Waals surface area (Å²) in [6.45, 7) is 1.70. The lowest BCUT2D eigenvalue weighted by Gasteiger charge is -2.21. The largest absolute Gasteiger partial charge is 0.507 e. The Morgan fingerprint density at radius 3 is 1.97 bits per heavy atom. The molecular formula is C21H12F8O2. The second-order valence-electron chi connectivity index (χ2n) is 6.43. The molecule has 0 bridgehead atoms. The lowest BCUT2D eigenvalue weighted by Crippen LogP contribution is -2.26. The quantitative estimate of drug-likeness (QED) is 0.353. The Kier molecular flexibility index (Phi) is 5.84. The van der Waals surface area contributed by atoms with Gasteiger partial charge < -0.3 is 9.84 Å². The minimum absolute atomic E-state index is 0.0482. The summed E-state index contributed by atoms with van der Waals surface area (Å²) in [6, 6.07) is 3.55. The topological polar surface area (TPSA) is 29.5 Å². The predicted octanol–water partition coefficient (Wildman–Crippen LogP) is 6.58. The van der Waals surface area contributed by atoms with Gasteiger partial charge in [-0.2, -0.15) is 8.78 Å². The summed E-state index contributed by atoms with van der Waals surface area (Å²) < 4.78 is 116. The lowest BCUT2D eigenvalue weighted by atomic mass is 9.97. The number of alkyl halides is 2. The number of hydrogen-bond donors (Lipinski definition) is 1. The molecule has 0 spiro atoms. The fraction of sp³-hybridized carbons (Fsp3) is 0.143. The molecule has 164 valence electrons. The van der Waals surface area contributed by atoms with E-state index in [4.69, 9.17) is 0 Å². The van der Waals surface area contributed by atoms with Crippen LogP contribution in [0.1, 0.15) is 18.1 Å². The zero-order valence-electron chi connectivity index (χ0n) is 15.6. The highest BCUT2D eigenvalue weighted by atomic mass is 19.3. The zero-order chi connectivity index (χ0) is 23.1. The van der Waals surface area contributed by atoms with E-state index >= 15 is 0 Å². The molecule has 10 heteroatoms. The number of phenols is 1. The van der Waals surface area contributed by atoms with Crippen LogP contribution in [0.3, 0.4) is 0 Å². The fourth-order valence-corrected chi connectivity index (χ4v) is 2.90. The van der Waals surface area contributed by atoms with Gasteiger partial charge in [-0.05, 0) is 18.1 Å². The maximum Gasteiger partial charge on any atom is 0.432 e. The second kappa shape index (κ2) is 8.09. The third-order valence-corrected chi connectivity index (χ3v) is 4.40. The standard InChI is InChI=1S/C21H12F8O2/c1-2-9-3-4-11(12(22)5-9)17-16(30)8-13(23)18(20(17)27)21(28,29)31-10-6-14(24)19(26)15(25)7-10/h3-8,30H,2H2,1H3. The zero-order valence-corrected chi connectivity index (χ0v) is 15.6.